The molecule has 0 aliphatic carbocycles. The summed E-state index contributed by atoms with van der Waals surface area (Å²) in [5.41, 5.74) is 0.650. The molecule has 2 aromatic rings. The Morgan fingerprint density at radius 2 is 2.12 bits per heavy atom. The van der Waals surface area contributed by atoms with Gasteiger partial charge in [0.2, 0.25) is 0 Å². The summed E-state index contributed by atoms with van der Waals surface area (Å²) in [6.07, 6.45) is 0. The topological polar surface area (TPSA) is 108 Å². The highest BCUT2D eigenvalue weighted by atomic mass is 35.5. The lowest BCUT2D eigenvalue weighted by molar-refractivity contribution is 0.216. The van der Waals surface area contributed by atoms with Crippen LogP contribution in [0.3, 0.4) is 0 Å². The third-order valence-corrected chi connectivity index (χ3v) is 3.92. The number of rotatable bonds is 7. The van der Waals surface area contributed by atoms with E-state index in [-0.39, 0.29) is 18.2 Å². The molecule has 2 amide bonds. The Balaban J connectivity index is 2.06. The Hall–Kier alpha value is -2.39. The van der Waals surface area contributed by atoms with Crippen LogP contribution in [-0.4, -0.2) is 33.4 Å². The van der Waals surface area contributed by atoms with Crippen molar-refractivity contribution >= 4 is 35.2 Å². The molecule has 1 aromatic carbocycles. The van der Waals surface area contributed by atoms with Crippen LogP contribution in [0, 0.1) is 4.91 Å². The highest BCUT2D eigenvalue weighted by Crippen LogP contribution is 2.19. The average Bonchev–Trinajstić information content (AvgIpc) is 2.58. The van der Waals surface area contributed by atoms with E-state index in [1.165, 1.54) is 11.8 Å². The fraction of sp³-hybridized carbons (Fsp3) is 0.214. The van der Waals surface area contributed by atoms with Gasteiger partial charge in [-0.3, -0.25) is 10.1 Å². The lowest BCUT2D eigenvalue weighted by Gasteiger charge is -2.12. The van der Waals surface area contributed by atoms with Crippen LogP contribution in [0.5, 0.6) is 0 Å². The van der Waals surface area contributed by atoms with Gasteiger partial charge in [-0.1, -0.05) is 42.1 Å². The second kappa shape index (κ2) is 9.04. The van der Waals surface area contributed by atoms with Gasteiger partial charge in [0.15, 0.2) is 5.16 Å². The second-order valence-corrected chi connectivity index (χ2v) is 5.88. The molecule has 10 heteroatoms. The molecule has 0 saturated heterocycles. The molecule has 2 rings (SSSR count). The Morgan fingerprint density at radius 1 is 1.38 bits per heavy atom. The zero-order chi connectivity index (χ0) is 17.4. The molecule has 0 saturated carbocycles. The number of H-pyrrole nitrogens is 1. The summed E-state index contributed by atoms with van der Waals surface area (Å²) in [7, 11) is 0. The molecule has 0 radical (unpaired) electrons. The summed E-state index contributed by atoms with van der Waals surface area (Å²) < 4.78 is 0. The number of halogens is 1. The zero-order valence-electron chi connectivity index (χ0n) is 12.4. The SMILES string of the molecule is O=NN(CCCl)C(=O)Nc1cc(=O)[nH]c(SCc2ccccc2)n1. The first-order valence-electron chi connectivity index (χ1n) is 6.88. The minimum atomic E-state index is -0.803. The quantitative estimate of drug-likeness (QED) is 0.257. The number of carbonyl (C=O) groups is 1. The molecule has 0 aliphatic heterocycles. The van der Waals surface area contributed by atoms with Gasteiger partial charge in [-0.15, -0.1) is 16.5 Å². The summed E-state index contributed by atoms with van der Waals surface area (Å²) in [5, 5.41) is 5.88. The summed E-state index contributed by atoms with van der Waals surface area (Å²) in [6, 6.07) is 9.98. The number of carbonyl (C=O) groups excluding carboxylic acids is 1. The van der Waals surface area contributed by atoms with Crippen molar-refractivity contribution in [3.05, 3.63) is 57.2 Å². The number of nitroso groups, excluding NO2 is 1. The van der Waals surface area contributed by atoms with Gasteiger partial charge >= 0.3 is 6.03 Å². The van der Waals surface area contributed by atoms with Crippen molar-refractivity contribution in [3.8, 4) is 0 Å². The molecule has 0 fully saturated rings. The van der Waals surface area contributed by atoms with Gasteiger partial charge in [0.25, 0.3) is 5.56 Å². The number of aromatic nitrogens is 2. The predicted molar refractivity (Wildman–Crippen MR) is 93.1 cm³/mol. The minimum Gasteiger partial charge on any atom is -0.301 e. The van der Waals surface area contributed by atoms with E-state index in [2.05, 4.69) is 20.6 Å². The number of amides is 2. The number of nitrogens with one attached hydrogen (secondary N) is 2. The molecular formula is C14H14ClN5O3S. The summed E-state index contributed by atoms with van der Waals surface area (Å²) >= 11 is 6.79. The second-order valence-electron chi connectivity index (χ2n) is 4.53. The molecule has 0 atom stereocenters. The third-order valence-electron chi connectivity index (χ3n) is 2.80. The smallest absolute Gasteiger partial charge is 0.301 e. The molecule has 0 spiro atoms. The van der Waals surface area contributed by atoms with Crippen molar-refractivity contribution in [3.63, 3.8) is 0 Å². The molecular weight excluding hydrogens is 354 g/mol. The molecule has 0 aliphatic rings. The van der Waals surface area contributed by atoms with Gasteiger partial charge in [0.05, 0.1) is 11.8 Å². The first-order valence-corrected chi connectivity index (χ1v) is 8.40. The summed E-state index contributed by atoms with van der Waals surface area (Å²) in [5.74, 6) is 0.692. The highest BCUT2D eigenvalue weighted by molar-refractivity contribution is 7.98. The Kier molecular flexibility index (Phi) is 6.76. The molecule has 2 N–H and O–H groups in total. The van der Waals surface area contributed by atoms with Crippen molar-refractivity contribution in [1.29, 1.82) is 0 Å². The summed E-state index contributed by atoms with van der Waals surface area (Å²) in [6.45, 7) is -0.0459. The van der Waals surface area contributed by atoms with E-state index < -0.39 is 11.6 Å². The largest absolute Gasteiger partial charge is 0.346 e. The van der Waals surface area contributed by atoms with Gasteiger partial charge < -0.3 is 4.98 Å². The fourth-order valence-corrected chi connectivity index (χ4v) is 2.72. The van der Waals surface area contributed by atoms with E-state index in [1.807, 2.05) is 30.3 Å². The molecule has 1 heterocycles. The summed E-state index contributed by atoms with van der Waals surface area (Å²) in [4.78, 5) is 40.8. The first-order chi connectivity index (χ1) is 11.6. The number of hydrogen-bond acceptors (Lipinski definition) is 6. The van der Waals surface area contributed by atoms with E-state index in [0.717, 1.165) is 11.6 Å². The van der Waals surface area contributed by atoms with Crippen LogP contribution in [0.4, 0.5) is 10.6 Å². The van der Waals surface area contributed by atoms with E-state index in [0.29, 0.717) is 15.9 Å². The van der Waals surface area contributed by atoms with Crippen LogP contribution in [-0.2, 0) is 5.75 Å². The Labute approximate surface area is 146 Å². The maximum atomic E-state index is 11.8. The van der Waals surface area contributed by atoms with Crippen LogP contribution in [0.25, 0.3) is 0 Å². The monoisotopic (exact) mass is 367 g/mol. The average molecular weight is 368 g/mol. The number of anilines is 1. The molecule has 8 nitrogen and oxygen atoms in total. The number of thioether (sulfide) groups is 1. The van der Waals surface area contributed by atoms with E-state index in [1.54, 1.807) is 0 Å². The van der Waals surface area contributed by atoms with Crippen LogP contribution < -0.4 is 10.9 Å². The van der Waals surface area contributed by atoms with E-state index in [4.69, 9.17) is 11.6 Å². The number of alkyl halides is 1. The van der Waals surface area contributed by atoms with Gasteiger partial charge in [-0.05, 0) is 5.56 Å². The first kappa shape index (κ1) is 18.0. The van der Waals surface area contributed by atoms with Crippen molar-refractivity contribution in [2.45, 2.75) is 10.9 Å². The fourth-order valence-electron chi connectivity index (χ4n) is 1.73. The maximum Gasteiger partial charge on any atom is 0.346 e. The van der Waals surface area contributed by atoms with Crippen LogP contribution in [0.1, 0.15) is 5.56 Å². The van der Waals surface area contributed by atoms with Crippen molar-refractivity contribution in [1.82, 2.24) is 15.0 Å². The molecule has 0 unspecified atom stereocenters. The van der Waals surface area contributed by atoms with Gasteiger partial charge in [0, 0.05) is 17.7 Å². The minimum absolute atomic E-state index is 0.0301. The molecule has 24 heavy (non-hydrogen) atoms. The highest BCUT2D eigenvalue weighted by Gasteiger charge is 2.15. The standard InChI is InChI=1S/C14H14ClN5O3S/c15-6-7-20(19-23)14(22)17-11-8-12(21)18-13(16-11)24-9-10-4-2-1-3-5-10/h1-5,8H,6-7,9H2,(H2,16,17,18,21,22). The number of benzene rings is 1. The molecule has 126 valence electrons. The van der Waals surface area contributed by atoms with Crippen molar-refractivity contribution in [2.24, 2.45) is 5.29 Å². The number of nitrogens with zero attached hydrogens (tertiary/aromatic N) is 3. The van der Waals surface area contributed by atoms with Crippen LogP contribution in [0.15, 0.2) is 51.6 Å². The zero-order valence-corrected chi connectivity index (χ0v) is 14.0. The van der Waals surface area contributed by atoms with E-state index >= 15 is 0 Å². The maximum absolute atomic E-state index is 11.8. The van der Waals surface area contributed by atoms with Crippen molar-refractivity contribution in [2.75, 3.05) is 17.7 Å². The van der Waals surface area contributed by atoms with Gasteiger partial charge in [-0.2, -0.15) is 5.01 Å². The van der Waals surface area contributed by atoms with Crippen LogP contribution >= 0.6 is 23.4 Å². The third kappa shape index (κ3) is 5.36. The number of urea groups is 1. The van der Waals surface area contributed by atoms with E-state index in [9.17, 15) is 14.5 Å². The van der Waals surface area contributed by atoms with Gasteiger partial charge in [0.1, 0.15) is 5.82 Å². The molecule has 1 aromatic heterocycles. The molecule has 0 bridgehead atoms. The predicted octanol–water partition coefficient (Wildman–Crippen LogP) is 2.82. The Morgan fingerprint density at radius 3 is 2.79 bits per heavy atom. The van der Waals surface area contributed by atoms with Crippen LogP contribution in [0.2, 0.25) is 0 Å². The normalized spacial score (nSPS) is 10.2. The number of aromatic amines is 1. The lowest BCUT2D eigenvalue weighted by atomic mass is 10.2. The van der Waals surface area contributed by atoms with Gasteiger partial charge in [-0.25, -0.2) is 9.78 Å². The Bertz CT molecular complexity index is 756. The lowest BCUT2D eigenvalue weighted by Crippen LogP contribution is -2.32. The number of hydrogen-bond donors (Lipinski definition) is 2. The van der Waals surface area contributed by atoms with Crippen molar-refractivity contribution < 1.29 is 4.79 Å².